The van der Waals surface area contributed by atoms with Crippen LogP contribution in [-0.4, -0.2) is 12.5 Å². The topological polar surface area (TPSA) is 29.1 Å². The quantitative estimate of drug-likeness (QED) is 0.756. The third-order valence-corrected chi connectivity index (χ3v) is 3.15. The molecular weight excluding hydrogens is 230 g/mol. The molecule has 0 saturated heterocycles. The summed E-state index contributed by atoms with van der Waals surface area (Å²) in [7, 11) is 0. The van der Waals surface area contributed by atoms with Crippen LogP contribution < -0.4 is 5.32 Å². The van der Waals surface area contributed by atoms with Crippen LogP contribution >= 0.6 is 15.9 Å². The van der Waals surface area contributed by atoms with E-state index < -0.39 is 0 Å². The first-order valence-corrected chi connectivity index (χ1v) is 5.41. The summed E-state index contributed by atoms with van der Waals surface area (Å²) < 4.78 is 0. The molecule has 1 rings (SSSR count). The molecule has 2 nitrogen and oxygen atoms in total. The normalized spacial score (nSPS) is 18.0. The minimum atomic E-state index is -0.184. The van der Waals surface area contributed by atoms with E-state index in [4.69, 9.17) is 0 Å². The largest absolute Gasteiger partial charge is 0.345 e. The lowest BCUT2D eigenvalue weighted by molar-refractivity contribution is -0.116. The zero-order valence-corrected chi connectivity index (χ0v) is 9.41. The molecule has 0 aliphatic heterocycles. The summed E-state index contributed by atoms with van der Waals surface area (Å²) in [6.07, 6.45) is 4.93. The van der Waals surface area contributed by atoms with Crippen LogP contribution in [0.15, 0.2) is 0 Å². The SMILES string of the molecule is CCC1(CNC(=O)C#CBr)CCC1. The average molecular weight is 244 g/mol. The number of carbonyl (C=O) groups excluding carboxylic acids is 1. The number of carbonyl (C=O) groups is 1. The lowest BCUT2D eigenvalue weighted by Gasteiger charge is -2.41. The van der Waals surface area contributed by atoms with E-state index in [0.29, 0.717) is 5.41 Å². The number of halogens is 1. The number of hydrogen-bond donors (Lipinski definition) is 1. The summed E-state index contributed by atoms with van der Waals surface area (Å²) in [6, 6.07) is 0. The Morgan fingerprint density at radius 1 is 1.62 bits per heavy atom. The second kappa shape index (κ2) is 4.66. The van der Waals surface area contributed by atoms with Crippen LogP contribution in [-0.2, 0) is 4.79 Å². The van der Waals surface area contributed by atoms with E-state index in [2.05, 4.69) is 38.9 Å². The Balaban J connectivity index is 2.31. The standard InChI is InChI=1S/C10H14BrNO/c1-2-10(5-3-6-10)8-12-9(13)4-7-11/h2-3,5-6,8H2,1H3,(H,12,13). The summed E-state index contributed by atoms with van der Waals surface area (Å²) in [5.74, 6) is 2.22. The molecule has 0 aromatic carbocycles. The number of nitrogens with one attached hydrogen (secondary N) is 1. The maximum absolute atomic E-state index is 11.0. The van der Waals surface area contributed by atoms with Crippen molar-refractivity contribution in [2.24, 2.45) is 5.41 Å². The highest BCUT2D eigenvalue weighted by atomic mass is 79.9. The van der Waals surface area contributed by atoms with Gasteiger partial charge in [-0.3, -0.25) is 4.79 Å². The van der Waals surface area contributed by atoms with Crippen LogP contribution in [0.3, 0.4) is 0 Å². The molecular formula is C10H14BrNO. The highest BCUT2D eigenvalue weighted by Gasteiger charge is 2.34. The zero-order valence-electron chi connectivity index (χ0n) is 7.82. The van der Waals surface area contributed by atoms with Crippen molar-refractivity contribution in [3.63, 3.8) is 0 Å². The third-order valence-electron chi connectivity index (χ3n) is 2.95. The van der Waals surface area contributed by atoms with Crippen molar-refractivity contribution in [3.05, 3.63) is 0 Å². The van der Waals surface area contributed by atoms with Crippen molar-refractivity contribution in [3.8, 4) is 10.8 Å². The molecule has 0 aromatic rings. The molecule has 72 valence electrons. The minimum Gasteiger partial charge on any atom is -0.345 e. The molecule has 0 heterocycles. The maximum atomic E-state index is 11.0. The van der Waals surface area contributed by atoms with E-state index >= 15 is 0 Å². The van der Waals surface area contributed by atoms with Gasteiger partial charge in [0.05, 0.1) is 0 Å². The molecule has 1 N–H and O–H groups in total. The molecule has 0 unspecified atom stereocenters. The summed E-state index contributed by atoms with van der Waals surface area (Å²) >= 11 is 2.90. The first kappa shape index (κ1) is 10.6. The predicted molar refractivity (Wildman–Crippen MR) is 56.3 cm³/mol. The Morgan fingerprint density at radius 3 is 2.69 bits per heavy atom. The molecule has 13 heavy (non-hydrogen) atoms. The Bertz CT molecular complexity index is 242. The highest BCUT2D eigenvalue weighted by molar-refractivity contribution is 9.12. The lowest BCUT2D eigenvalue weighted by Crippen LogP contribution is -2.41. The van der Waals surface area contributed by atoms with Gasteiger partial charge in [0.25, 0.3) is 5.91 Å². The Labute approximate surface area is 87.6 Å². The van der Waals surface area contributed by atoms with Gasteiger partial charge in [-0.15, -0.1) is 0 Å². The fourth-order valence-electron chi connectivity index (χ4n) is 1.69. The lowest BCUT2D eigenvalue weighted by atomic mass is 9.67. The van der Waals surface area contributed by atoms with Crippen molar-refractivity contribution < 1.29 is 4.79 Å². The molecule has 1 aliphatic carbocycles. The molecule has 0 aromatic heterocycles. The maximum Gasteiger partial charge on any atom is 0.296 e. The van der Waals surface area contributed by atoms with Crippen LogP contribution in [0.5, 0.6) is 0 Å². The van der Waals surface area contributed by atoms with Crippen LogP contribution in [0.1, 0.15) is 32.6 Å². The minimum absolute atomic E-state index is 0.184. The highest BCUT2D eigenvalue weighted by Crippen LogP contribution is 2.42. The van der Waals surface area contributed by atoms with Gasteiger partial charge >= 0.3 is 0 Å². The molecule has 0 radical (unpaired) electrons. The number of rotatable bonds is 3. The number of amides is 1. The van der Waals surface area contributed by atoms with Gasteiger partial charge in [0, 0.05) is 28.4 Å². The smallest absolute Gasteiger partial charge is 0.296 e. The average Bonchev–Trinajstić information content (AvgIpc) is 2.04. The van der Waals surface area contributed by atoms with E-state index in [-0.39, 0.29) is 5.91 Å². The van der Waals surface area contributed by atoms with E-state index in [9.17, 15) is 4.79 Å². The summed E-state index contributed by atoms with van der Waals surface area (Å²) in [4.78, 5) is 13.4. The summed E-state index contributed by atoms with van der Waals surface area (Å²) in [5, 5.41) is 2.83. The van der Waals surface area contributed by atoms with Gasteiger partial charge < -0.3 is 5.32 Å². The molecule has 3 heteroatoms. The first-order chi connectivity index (χ1) is 6.22. The Hall–Kier alpha value is -0.490. The van der Waals surface area contributed by atoms with E-state index in [0.717, 1.165) is 13.0 Å². The molecule has 1 aliphatic rings. The summed E-state index contributed by atoms with van der Waals surface area (Å²) in [6.45, 7) is 2.96. The van der Waals surface area contributed by atoms with Crippen molar-refractivity contribution >= 4 is 21.8 Å². The van der Waals surface area contributed by atoms with Crippen LogP contribution in [0.25, 0.3) is 0 Å². The van der Waals surface area contributed by atoms with Gasteiger partial charge in [-0.25, -0.2) is 0 Å². The van der Waals surface area contributed by atoms with Gasteiger partial charge in [0.1, 0.15) is 0 Å². The van der Waals surface area contributed by atoms with Gasteiger partial charge in [-0.1, -0.05) is 13.3 Å². The van der Waals surface area contributed by atoms with E-state index in [1.807, 2.05) is 0 Å². The van der Waals surface area contributed by atoms with Gasteiger partial charge in [-0.05, 0) is 29.5 Å². The van der Waals surface area contributed by atoms with E-state index in [1.54, 1.807) is 0 Å². The molecule has 1 amide bonds. The van der Waals surface area contributed by atoms with E-state index in [1.165, 1.54) is 19.3 Å². The summed E-state index contributed by atoms with van der Waals surface area (Å²) in [5.41, 5.74) is 0.379. The number of hydrogen-bond acceptors (Lipinski definition) is 1. The Morgan fingerprint density at radius 2 is 2.31 bits per heavy atom. The van der Waals surface area contributed by atoms with Crippen molar-refractivity contribution in [1.82, 2.24) is 5.32 Å². The fourth-order valence-corrected chi connectivity index (χ4v) is 1.87. The molecule has 0 atom stereocenters. The third kappa shape index (κ3) is 2.73. The van der Waals surface area contributed by atoms with Crippen molar-refractivity contribution in [1.29, 1.82) is 0 Å². The monoisotopic (exact) mass is 243 g/mol. The van der Waals surface area contributed by atoms with Crippen molar-refractivity contribution in [2.75, 3.05) is 6.54 Å². The first-order valence-electron chi connectivity index (χ1n) is 4.62. The second-order valence-electron chi connectivity index (χ2n) is 3.61. The van der Waals surface area contributed by atoms with Crippen LogP contribution in [0, 0.1) is 16.2 Å². The van der Waals surface area contributed by atoms with Crippen LogP contribution in [0.2, 0.25) is 0 Å². The molecule has 1 fully saturated rings. The predicted octanol–water partition coefficient (Wildman–Crippen LogP) is 2.04. The van der Waals surface area contributed by atoms with Crippen LogP contribution in [0.4, 0.5) is 0 Å². The molecule has 0 bridgehead atoms. The second-order valence-corrected chi connectivity index (χ2v) is 4.01. The zero-order chi connectivity index (χ0) is 9.73. The Kier molecular flexibility index (Phi) is 3.80. The van der Waals surface area contributed by atoms with Gasteiger partial charge in [0.15, 0.2) is 0 Å². The van der Waals surface area contributed by atoms with Gasteiger partial charge in [-0.2, -0.15) is 0 Å². The molecule has 1 saturated carbocycles. The van der Waals surface area contributed by atoms with Crippen molar-refractivity contribution in [2.45, 2.75) is 32.6 Å². The van der Waals surface area contributed by atoms with Gasteiger partial charge in [0.2, 0.25) is 0 Å². The fraction of sp³-hybridized carbons (Fsp3) is 0.700. The molecule has 0 spiro atoms.